The molecule has 0 unspecified atom stereocenters. The van der Waals surface area contributed by atoms with Crippen molar-refractivity contribution in [2.24, 2.45) is 0 Å². The minimum Gasteiger partial charge on any atom is -0.355 e. The van der Waals surface area contributed by atoms with Crippen molar-refractivity contribution in [3.8, 4) is 0 Å². The Morgan fingerprint density at radius 3 is 2.27 bits per heavy atom. The zero-order chi connectivity index (χ0) is 16.5. The van der Waals surface area contributed by atoms with Crippen LogP contribution >= 0.6 is 11.6 Å². The number of carbonyl (C=O) groups is 3. The Balaban J connectivity index is 2.65. The average Bonchev–Trinajstić information content (AvgIpc) is 2.45. The minimum absolute atomic E-state index is 0.0423. The van der Waals surface area contributed by atoms with Crippen molar-refractivity contribution in [3.63, 3.8) is 0 Å². The van der Waals surface area contributed by atoms with E-state index in [0.29, 0.717) is 11.6 Å². The molecule has 0 heterocycles. The van der Waals surface area contributed by atoms with Gasteiger partial charge in [-0.25, -0.2) is 0 Å². The molecule has 22 heavy (non-hydrogen) atoms. The average molecular weight is 326 g/mol. The summed E-state index contributed by atoms with van der Waals surface area (Å²) < 4.78 is 0. The van der Waals surface area contributed by atoms with Gasteiger partial charge in [-0.2, -0.15) is 0 Å². The molecule has 0 saturated heterocycles. The van der Waals surface area contributed by atoms with E-state index in [1.165, 1.54) is 6.92 Å². The minimum atomic E-state index is -0.469. The topological polar surface area (TPSA) is 87.3 Å². The molecule has 0 aliphatic rings. The Kier molecular flexibility index (Phi) is 7.39. The standard InChI is InChI=1S/C15H20ClN3O3/c1-3-17-15(22)9-18-14(21)8-13(19-10(2)20)11-4-6-12(16)7-5-11/h4-7,13H,3,8-9H2,1-2H3,(H,17,22)(H,18,21)(H,19,20)/t13-/m1/s1. The molecule has 120 valence electrons. The SMILES string of the molecule is CCNC(=O)CNC(=O)C[C@@H](NC(C)=O)c1ccc(Cl)cc1. The first kappa shape index (κ1) is 18.0. The third-order valence-corrected chi connectivity index (χ3v) is 3.11. The van der Waals surface area contributed by atoms with Crippen molar-refractivity contribution >= 4 is 29.3 Å². The maximum Gasteiger partial charge on any atom is 0.239 e. The Morgan fingerprint density at radius 2 is 1.73 bits per heavy atom. The van der Waals surface area contributed by atoms with Crippen LogP contribution in [-0.4, -0.2) is 30.8 Å². The van der Waals surface area contributed by atoms with Crippen LogP contribution in [0.25, 0.3) is 0 Å². The van der Waals surface area contributed by atoms with E-state index in [9.17, 15) is 14.4 Å². The van der Waals surface area contributed by atoms with E-state index in [2.05, 4.69) is 16.0 Å². The van der Waals surface area contributed by atoms with Gasteiger partial charge in [0.05, 0.1) is 19.0 Å². The fourth-order valence-corrected chi connectivity index (χ4v) is 2.01. The fraction of sp³-hybridized carbons (Fsp3) is 0.400. The van der Waals surface area contributed by atoms with E-state index in [4.69, 9.17) is 11.6 Å². The van der Waals surface area contributed by atoms with Gasteiger partial charge in [0.2, 0.25) is 17.7 Å². The predicted molar refractivity (Wildman–Crippen MR) is 84.3 cm³/mol. The molecule has 0 saturated carbocycles. The maximum absolute atomic E-state index is 11.9. The van der Waals surface area contributed by atoms with Crippen LogP contribution in [-0.2, 0) is 14.4 Å². The molecule has 1 atom stereocenters. The zero-order valence-corrected chi connectivity index (χ0v) is 13.4. The molecule has 3 amide bonds. The third kappa shape index (κ3) is 6.58. The first-order chi connectivity index (χ1) is 10.4. The normalized spacial score (nSPS) is 11.4. The Hall–Kier alpha value is -2.08. The Bertz CT molecular complexity index is 531. The summed E-state index contributed by atoms with van der Waals surface area (Å²) in [6, 6.07) is 6.42. The number of carbonyl (C=O) groups excluding carboxylic acids is 3. The molecule has 0 spiro atoms. The lowest BCUT2D eigenvalue weighted by molar-refractivity contribution is -0.126. The highest BCUT2D eigenvalue weighted by molar-refractivity contribution is 6.30. The summed E-state index contributed by atoms with van der Waals surface area (Å²) in [5.74, 6) is -0.810. The van der Waals surface area contributed by atoms with Crippen molar-refractivity contribution < 1.29 is 14.4 Å². The molecule has 0 aromatic heterocycles. The first-order valence-corrected chi connectivity index (χ1v) is 7.36. The van der Waals surface area contributed by atoms with Crippen LogP contribution in [0.4, 0.5) is 0 Å². The van der Waals surface area contributed by atoms with Crippen molar-refractivity contribution in [1.82, 2.24) is 16.0 Å². The largest absolute Gasteiger partial charge is 0.355 e. The highest BCUT2D eigenvalue weighted by Crippen LogP contribution is 2.19. The number of hydrogen-bond donors (Lipinski definition) is 3. The summed E-state index contributed by atoms with van der Waals surface area (Å²) in [6.07, 6.45) is 0.0423. The van der Waals surface area contributed by atoms with Gasteiger partial charge in [-0.3, -0.25) is 14.4 Å². The molecular formula is C15H20ClN3O3. The van der Waals surface area contributed by atoms with Gasteiger partial charge in [-0.05, 0) is 24.6 Å². The Morgan fingerprint density at radius 1 is 1.09 bits per heavy atom. The van der Waals surface area contributed by atoms with Crippen LogP contribution in [0.5, 0.6) is 0 Å². The summed E-state index contributed by atoms with van der Waals surface area (Å²) in [5.41, 5.74) is 0.771. The van der Waals surface area contributed by atoms with Crippen molar-refractivity contribution in [1.29, 1.82) is 0 Å². The van der Waals surface area contributed by atoms with E-state index in [1.807, 2.05) is 0 Å². The molecule has 0 aliphatic heterocycles. The van der Waals surface area contributed by atoms with E-state index >= 15 is 0 Å². The number of benzene rings is 1. The number of hydrogen-bond acceptors (Lipinski definition) is 3. The van der Waals surface area contributed by atoms with Crippen LogP contribution in [0.15, 0.2) is 24.3 Å². The van der Waals surface area contributed by atoms with Crippen molar-refractivity contribution in [2.45, 2.75) is 26.3 Å². The lowest BCUT2D eigenvalue weighted by atomic mass is 10.0. The van der Waals surface area contributed by atoms with Gasteiger partial charge in [0.15, 0.2) is 0 Å². The Labute approximate surface area is 134 Å². The summed E-state index contributed by atoms with van der Waals surface area (Å²) in [5, 5.41) is 8.40. The molecule has 3 N–H and O–H groups in total. The molecule has 0 bridgehead atoms. The molecule has 0 radical (unpaired) electrons. The van der Waals surface area contributed by atoms with Crippen molar-refractivity contribution in [2.75, 3.05) is 13.1 Å². The van der Waals surface area contributed by atoms with Crippen molar-refractivity contribution in [3.05, 3.63) is 34.9 Å². The van der Waals surface area contributed by atoms with Gasteiger partial charge in [-0.1, -0.05) is 23.7 Å². The second kappa shape index (κ2) is 9.04. The molecule has 1 aromatic carbocycles. The monoisotopic (exact) mass is 325 g/mol. The maximum atomic E-state index is 11.9. The van der Waals surface area contributed by atoms with E-state index in [-0.39, 0.29) is 30.7 Å². The zero-order valence-electron chi connectivity index (χ0n) is 12.6. The second-order valence-corrected chi connectivity index (χ2v) is 5.18. The third-order valence-electron chi connectivity index (χ3n) is 2.86. The molecule has 6 nitrogen and oxygen atoms in total. The smallest absolute Gasteiger partial charge is 0.239 e. The molecule has 0 aliphatic carbocycles. The lowest BCUT2D eigenvalue weighted by Gasteiger charge is -2.18. The first-order valence-electron chi connectivity index (χ1n) is 6.98. The van der Waals surface area contributed by atoms with Gasteiger partial charge < -0.3 is 16.0 Å². The molecule has 1 rings (SSSR count). The molecule has 1 aromatic rings. The fourth-order valence-electron chi connectivity index (χ4n) is 1.89. The van der Waals surface area contributed by atoms with E-state index in [0.717, 1.165) is 5.56 Å². The van der Waals surface area contributed by atoms with Gasteiger partial charge in [-0.15, -0.1) is 0 Å². The van der Waals surface area contributed by atoms with Crippen LogP contribution < -0.4 is 16.0 Å². The number of amides is 3. The lowest BCUT2D eigenvalue weighted by Crippen LogP contribution is -2.38. The number of likely N-dealkylation sites (N-methyl/N-ethyl adjacent to an activating group) is 1. The van der Waals surface area contributed by atoms with Crippen LogP contribution in [0, 0.1) is 0 Å². The number of nitrogens with one attached hydrogen (secondary N) is 3. The van der Waals surface area contributed by atoms with Crippen LogP contribution in [0.1, 0.15) is 31.9 Å². The molecule has 7 heteroatoms. The van der Waals surface area contributed by atoms with Gasteiger partial charge in [0, 0.05) is 18.5 Å². The van der Waals surface area contributed by atoms with Gasteiger partial charge in [0.25, 0.3) is 0 Å². The van der Waals surface area contributed by atoms with Gasteiger partial charge >= 0.3 is 0 Å². The second-order valence-electron chi connectivity index (χ2n) is 4.74. The van der Waals surface area contributed by atoms with E-state index < -0.39 is 6.04 Å². The highest BCUT2D eigenvalue weighted by Gasteiger charge is 2.17. The number of rotatable bonds is 7. The quantitative estimate of drug-likeness (QED) is 0.703. The summed E-state index contributed by atoms with van der Waals surface area (Å²) >= 11 is 5.83. The highest BCUT2D eigenvalue weighted by atomic mass is 35.5. The molecule has 0 fully saturated rings. The van der Waals surface area contributed by atoms with E-state index in [1.54, 1.807) is 31.2 Å². The number of halogens is 1. The van der Waals surface area contributed by atoms with Crippen LogP contribution in [0.2, 0.25) is 5.02 Å². The summed E-state index contributed by atoms with van der Waals surface area (Å²) in [6.45, 7) is 3.61. The van der Waals surface area contributed by atoms with Crippen LogP contribution in [0.3, 0.4) is 0 Å². The summed E-state index contributed by atoms with van der Waals surface area (Å²) in [7, 11) is 0. The summed E-state index contributed by atoms with van der Waals surface area (Å²) in [4.78, 5) is 34.5. The molecular weight excluding hydrogens is 306 g/mol. The van der Waals surface area contributed by atoms with Gasteiger partial charge in [0.1, 0.15) is 0 Å². The predicted octanol–water partition coefficient (Wildman–Crippen LogP) is 1.16.